The second-order valence-electron chi connectivity index (χ2n) is 9.24. The van der Waals surface area contributed by atoms with Crippen LogP contribution in [0, 0.1) is 12.3 Å². The summed E-state index contributed by atoms with van der Waals surface area (Å²) >= 11 is 0. The summed E-state index contributed by atoms with van der Waals surface area (Å²) in [4.78, 5) is 0. The third-order valence-electron chi connectivity index (χ3n) is 6.84. The minimum absolute atomic E-state index is 0.115. The van der Waals surface area contributed by atoms with Crippen LogP contribution in [0.5, 0.6) is 0 Å². The Labute approximate surface area is 175 Å². The number of rotatable bonds is 4. The molecule has 3 aromatic rings. The van der Waals surface area contributed by atoms with Crippen LogP contribution in [0.25, 0.3) is 22.7 Å². The maximum absolute atomic E-state index is 6.41. The number of allylic oxidation sites excluding steroid dienone is 2. The summed E-state index contributed by atoms with van der Waals surface area (Å²) in [6, 6.07) is 17.5. The third kappa shape index (κ3) is 3.28. The first-order valence-electron chi connectivity index (χ1n) is 10.4. The van der Waals surface area contributed by atoms with Crippen molar-refractivity contribution >= 4 is 29.4 Å². The molecule has 2 aromatic carbocycles. The molecule has 1 aliphatic heterocycles. The first kappa shape index (κ1) is 19.8. The highest BCUT2D eigenvalue weighted by Crippen LogP contribution is 2.45. The molecule has 0 N–H and O–H groups in total. The Balaban J connectivity index is 1.74. The van der Waals surface area contributed by atoms with Crippen molar-refractivity contribution in [2.24, 2.45) is 5.41 Å². The van der Waals surface area contributed by atoms with Crippen molar-refractivity contribution in [1.29, 1.82) is 0 Å². The topological polar surface area (TPSA) is 14.2 Å². The van der Waals surface area contributed by atoms with Crippen LogP contribution < -0.4 is 5.46 Å². The molecule has 0 unspecified atom stereocenters. The molecule has 0 amide bonds. The average Bonchev–Trinajstić information content (AvgIpc) is 3.09. The van der Waals surface area contributed by atoms with Gasteiger partial charge >= 0.3 is 6.92 Å². The first-order valence-corrected chi connectivity index (χ1v) is 10.4. The Morgan fingerprint density at radius 2 is 1.72 bits per heavy atom. The van der Waals surface area contributed by atoms with Crippen LogP contribution in [0.2, 0.25) is 6.32 Å². The molecule has 4 rings (SSSR count). The van der Waals surface area contributed by atoms with E-state index in [1.165, 1.54) is 33.3 Å². The lowest BCUT2D eigenvalue weighted by atomic mass is 9.54. The van der Waals surface area contributed by atoms with Gasteiger partial charge in [-0.3, -0.25) is 0 Å². The molecule has 29 heavy (non-hydrogen) atoms. The quantitative estimate of drug-likeness (QED) is 0.388. The minimum atomic E-state index is -0.115. The van der Waals surface area contributed by atoms with Crippen LogP contribution in [0.3, 0.4) is 0 Å². The second kappa shape index (κ2) is 7.07. The number of benzene rings is 2. The molecule has 1 aliphatic rings. The highest BCUT2D eigenvalue weighted by molar-refractivity contribution is 6.68. The van der Waals surface area contributed by atoms with Crippen molar-refractivity contribution in [1.82, 2.24) is 4.57 Å². The summed E-state index contributed by atoms with van der Waals surface area (Å²) in [6.07, 6.45) is 7.02. The second-order valence-corrected chi connectivity index (χ2v) is 9.24. The van der Waals surface area contributed by atoms with Crippen LogP contribution in [0.4, 0.5) is 0 Å². The summed E-state index contributed by atoms with van der Waals surface area (Å²) < 4.78 is 8.75. The maximum atomic E-state index is 6.41. The lowest BCUT2D eigenvalue weighted by Gasteiger charge is -2.34. The van der Waals surface area contributed by atoms with Crippen LogP contribution in [-0.4, -0.2) is 17.1 Å². The van der Waals surface area contributed by atoms with E-state index in [2.05, 4.69) is 100 Å². The molecule has 2 heterocycles. The Kier molecular flexibility index (Phi) is 4.82. The molecule has 0 radical (unpaired) electrons. The van der Waals surface area contributed by atoms with Crippen LogP contribution >= 0.6 is 0 Å². The molecule has 1 fully saturated rings. The summed E-state index contributed by atoms with van der Waals surface area (Å²) in [5.74, 6) is 0. The predicted octanol–water partition coefficient (Wildman–Crippen LogP) is 6.17. The molecular formula is C26H30BNO. The highest BCUT2D eigenvalue weighted by atomic mass is 16.5. The van der Waals surface area contributed by atoms with E-state index in [0.29, 0.717) is 0 Å². The zero-order chi connectivity index (χ0) is 20.8. The summed E-state index contributed by atoms with van der Waals surface area (Å²) in [5.41, 5.74) is 6.18. The number of hydrogen-bond acceptors (Lipinski definition) is 1. The van der Waals surface area contributed by atoms with Crippen molar-refractivity contribution in [2.45, 2.75) is 46.5 Å². The lowest BCUT2D eigenvalue weighted by Crippen LogP contribution is -2.36. The van der Waals surface area contributed by atoms with Gasteiger partial charge in [-0.2, -0.15) is 0 Å². The average molecular weight is 383 g/mol. The van der Waals surface area contributed by atoms with Crippen LogP contribution in [0.15, 0.2) is 67.3 Å². The van der Waals surface area contributed by atoms with Crippen molar-refractivity contribution in [3.05, 3.63) is 78.5 Å². The molecule has 0 aliphatic carbocycles. The summed E-state index contributed by atoms with van der Waals surface area (Å²) in [6.45, 7) is 15.2. The first-order chi connectivity index (χ1) is 13.7. The van der Waals surface area contributed by atoms with Gasteiger partial charge in [-0.25, -0.2) is 0 Å². The van der Waals surface area contributed by atoms with Crippen molar-refractivity contribution in [2.75, 3.05) is 0 Å². The van der Waals surface area contributed by atoms with E-state index in [0.717, 1.165) is 6.32 Å². The summed E-state index contributed by atoms with van der Waals surface area (Å²) in [7, 11) is 0. The van der Waals surface area contributed by atoms with E-state index < -0.39 is 0 Å². The molecular weight excluding hydrogens is 353 g/mol. The van der Waals surface area contributed by atoms with Gasteiger partial charge < -0.3 is 9.22 Å². The Morgan fingerprint density at radius 1 is 1.03 bits per heavy atom. The van der Waals surface area contributed by atoms with Crippen molar-refractivity contribution in [3.63, 3.8) is 0 Å². The van der Waals surface area contributed by atoms with Crippen LogP contribution in [0.1, 0.15) is 39.0 Å². The van der Waals surface area contributed by atoms with Crippen molar-refractivity contribution < 1.29 is 4.65 Å². The number of hydrogen-bond donors (Lipinski definition) is 0. The van der Waals surface area contributed by atoms with Gasteiger partial charge in [-0.05, 0) is 56.2 Å². The Morgan fingerprint density at radius 3 is 2.34 bits per heavy atom. The van der Waals surface area contributed by atoms with Gasteiger partial charge in [0.15, 0.2) is 0 Å². The molecule has 148 valence electrons. The van der Waals surface area contributed by atoms with E-state index in [9.17, 15) is 0 Å². The van der Waals surface area contributed by atoms with Gasteiger partial charge in [0.25, 0.3) is 0 Å². The van der Waals surface area contributed by atoms with Gasteiger partial charge in [0.1, 0.15) is 0 Å². The van der Waals surface area contributed by atoms with E-state index in [-0.39, 0.29) is 17.9 Å². The lowest BCUT2D eigenvalue weighted by molar-refractivity contribution is 0.0375. The number of para-hydroxylation sites is 1. The normalized spacial score (nSPS) is 18.0. The smallest absolute Gasteiger partial charge is 0.327 e. The number of aromatic nitrogens is 1. The molecule has 2 nitrogen and oxygen atoms in total. The fraction of sp³-hybridized carbons (Fsp3) is 0.308. The Bertz CT molecular complexity index is 1070. The zero-order valence-corrected chi connectivity index (χ0v) is 18.2. The Hall–Kier alpha value is -2.52. The van der Waals surface area contributed by atoms with Gasteiger partial charge in [0.2, 0.25) is 0 Å². The molecule has 3 heteroatoms. The number of fused-ring (bicyclic) bond motifs is 1. The van der Waals surface area contributed by atoms with E-state index >= 15 is 0 Å². The molecule has 1 saturated heterocycles. The maximum Gasteiger partial charge on any atom is 0.327 e. The van der Waals surface area contributed by atoms with E-state index in [4.69, 9.17) is 4.65 Å². The fourth-order valence-electron chi connectivity index (χ4n) is 4.39. The molecule has 0 atom stereocenters. The van der Waals surface area contributed by atoms with Gasteiger partial charge in [0, 0.05) is 22.3 Å². The highest BCUT2D eigenvalue weighted by Gasteiger charge is 2.49. The third-order valence-corrected chi connectivity index (χ3v) is 6.84. The fourth-order valence-corrected chi connectivity index (χ4v) is 4.39. The molecule has 0 bridgehead atoms. The standard InChI is InChI=1S/C26H30BNO/c1-7-8-11-22-19(2)28(24-13-10-9-12-23(22)24)21-16-14-20(15-17-21)27-18-25(3,4)26(5,6)29-27/h7-17H,1,18H2,2-6H3/b11-8-. The predicted molar refractivity (Wildman–Crippen MR) is 126 cm³/mol. The molecule has 1 aromatic heterocycles. The molecule has 0 spiro atoms. The van der Waals surface area contributed by atoms with Gasteiger partial charge in [-0.1, -0.05) is 69.0 Å². The van der Waals surface area contributed by atoms with Gasteiger partial charge in [-0.15, -0.1) is 0 Å². The monoisotopic (exact) mass is 383 g/mol. The molecule has 0 saturated carbocycles. The number of nitrogens with zero attached hydrogens (tertiary/aromatic N) is 1. The van der Waals surface area contributed by atoms with E-state index in [1.54, 1.807) is 0 Å². The van der Waals surface area contributed by atoms with Crippen molar-refractivity contribution in [3.8, 4) is 5.69 Å². The van der Waals surface area contributed by atoms with Gasteiger partial charge in [0.05, 0.1) is 11.1 Å². The minimum Gasteiger partial charge on any atom is -0.426 e. The van der Waals surface area contributed by atoms with Crippen LogP contribution in [-0.2, 0) is 4.65 Å². The zero-order valence-electron chi connectivity index (χ0n) is 18.2. The van der Waals surface area contributed by atoms with E-state index in [1.807, 2.05) is 12.2 Å². The largest absolute Gasteiger partial charge is 0.426 e. The SMILES string of the molecule is C=C/C=C\c1c(C)n(-c2ccc(B3CC(C)(C)C(C)(C)O3)cc2)c2ccccc12. The summed E-state index contributed by atoms with van der Waals surface area (Å²) in [5, 5.41) is 1.26.